The van der Waals surface area contributed by atoms with Crippen molar-refractivity contribution in [2.75, 3.05) is 14.2 Å². The molecule has 0 heterocycles. The van der Waals surface area contributed by atoms with Gasteiger partial charge in [-0.25, -0.2) is 0 Å². The summed E-state index contributed by atoms with van der Waals surface area (Å²) in [6.07, 6.45) is 0. The van der Waals surface area contributed by atoms with Crippen LogP contribution in [0.25, 0.3) is 22.3 Å². The molecule has 0 bridgehead atoms. The Labute approximate surface area is 137 Å². The third kappa shape index (κ3) is 2.80. The van der Waals surface area contributed by atoms with Crippen molar-refractivity contribution in [3.63, 3.8) is 0 Å². The molecule has 0 aliphatic carbocycles. The first-order valence-electron chi connectivity index (χ1n) is 7.62. The third-order valence-electron chi connectivity index (χ3n) is 3.97. The number of hydrogen-bond donors (Lipinski definition) is 0. The van der Waals surface area contributed by atoms with Gasteiger partial charge in [0.25, 0.3) is 0 Å². The number of rotatable bonds is 4. The Bertz CT molecular complexity index is 793. The first kappa shape index (κ1) is 15.2. The van der Waals surface area contributed by atoms with Gasteiger partial charge in [0.2, 0.25) is 0 Å². The zero-order valence-corrected chi connectivity index (χ0v) is 13.7. The van der Waals surface area contributed by atoms with Crippen LogP contribution >= 0.6 is 0 Å². The molecule has 0 radical (unpaired) electrons. The summed E-state index contributed by atoms with van der Waals surface area (Å²) in [4.78, 5) is 0. The van der Waals surface area contributed by atoms with Crippen molar-refractivity contribution in [1.29, 1.82) is 0 Å². The van der Waals surface area contributed by atoms with Gasteiger partial charge in [-0.05, 0) is 29.7 Å². The van der Waals surface area contributed by atoms with Gasteiger partial charge in [-0.2, -0.15) is 0 Å². The van der Waals surface area contributed by atoms with Crippen LogP contribution in [-0.4, -0.2) is 14.2 Å². The van der Waals surface area contributed by atoms with Gasteiger partial charge in [-0.1, -0.05) is 60.7 Å². The summed E-state index contributed by atoms with van der Waals surface area (Å²) < 4.78 is 11.5. The highest BCUT2D eigenvalue weighted by atomic mass is 16.5. The molecule has 0 saturated carbocycles. The predicted octanol–water partition coefficient (Wildman–Crippen LogP) is 5.35. The maximum absolute atomic E-state index is 5.80. The lowest BCUT2D eigenvalue weighted by Gasteiger charge is -2.19. The second-order valence-electron chi connectivity index (χ2n) is 5.41. The summed E-state index contributed by atoms with van der Waals surface area (Å²) in [7, 11) is 3.42. The highest BCUT2D eigenvalue weighted by molar-refractivity contribution is 5.87. The third-order valence-corrected chi connectivity index (χ3v) is 3.97. The van der Waals surface area contributed by atoms with Crippen molar-refractivity contribution in [1.82, 2.24) is 0 Å². The van der Waals surface area contributed by atoms with Crippen molar-refractivity contribution in [3.8, 4) is 33.8 Å². The van der Waals surface area contributed by atoms with E-state index in [0.29, 0.717) is 0 Å². The quantitative estimate of drug-likeness (QED) is 0.647. The molecule has 116 valence electrons. The minimum absolute atomic E-state index is 0.838. The minimum atomic E-state index is 0.838. The monoisotopic (exact) mass is 304 g/mol. The van der Waals surface area contributed by atoms with Crippen LogP contribution in [0.5, 0.6) is 11.5 Å². The van der Waals surface area contributed by atoms with E-state index in [2.05, 4.69) is 37.3 Å². The van der Waals surface area contributed by atoms with Crippen LogP contribution in [0.15, 0.2) is 66.7 Å². The van der Waals surface area contributed by atoms with Crippen LogP contribution in [-0.2, 0) is 0 Å². The number of hydrogen-bond acceptors (Lipinski definition) is 2. The van der Waals surface area contributed by atoms with Crippen LogP contribution in [0.1, 0.15) is 5.56 Å². The van der Waals surface area contributed by atoms with Gasteiger partial charge in [0.15, 0.2) is 0 Å². The first-order valence-corrected chi connectivity index (χ1v) is 7.62. The SMILES string of the molecule is COc1c(C)cc(-c2ccccc2)c(OC)c1-c1ccccc1. The van der Waals surface area contributed by atoms with Crippen molar-refractivity contribution >= 4 is 0 Å². The normalized spacial score (nSPS) is 10.4. The number of ether oxygens (including phenoxy) is 2. The highest BCUT2D eigenvalue weighted by Crippen LogP contribution is 2.46. The van der Waals surface area contributed by atoms with Gasteiger partial charge < -0.3 is 9.47 Å². The predicted molar refractivity (Wildman–Crippen MR) is 95.2 cm³/mol. The molecule has 0 amide bonds. The standard InChI is InChI=1S/C21H20O2/c1-15-14-18(16-10-6-4-7-11-16)21(23-3)19(20(15)22-2)17-12-8-5-9-13-17/h4-14H,1-3H3. The largest absolute Gasteiger partial charge is 0.496 e. The lowest BCUT2D eigenvalue weighted by atomic mass is 9.93. The van der Waals surface area contributed by atoms with E-state index in [0.717, 1.165) is 39.3 Å². The van der Waals surface area contributed by atoms with Gasteiger partial charge in [0, 0.05) is 5.56 Å². The molecule has 0 saturated heterocycles. The fourth-order valence-corrected chi connectivity index (χ4v) is 2.96. The Kier molecular flexibility index (Phi) is 4.33. The Morgan fingerprint density at radius 2 is 1.17 bits per heavy atom. The van der Waals surface area contributed by atoms with Crippen molar-refractivity contribution in [2.24, 2.45) is 0 Å². The second-order valence-corrected chi connectivity index (χ2v) is 5.41. The molecule has 3 aromatic carbocycles. The van der Waals surface area contributed by atoms with Crippen LogP contribution < -0.4 is 9.47 Å². The maximum atomic E-state index is 5.80. The maximum Gasteiger partial charge on any atom is 0.138 e. The molecule has 0 aliphatic heterocycles. The van der Waals surface area contributed by atoms with Crippen LogP contribution in [0, 0.1) is 6.92 Å². The molecular formula is C21H20O2. The van der Waals surface area contributed by atoms with E-state index in [1.54, 1.807) is 14.2 Å². The summed E-state index contributed by atoms with van der Waals surface area (Å²) in [6, 6.07) is 22.6. The molecule has 0 aliphatic rings. The zero-order valence-electron chi connectivity index (χ0n) is 13.7. The number of aryl methyl sites for hydroxylation is 1. The van der Waals surface area contributed by atoms with E-state index in [1.165, 1.54) is 0 Å². The topological polar surface area (TPSA) is 18.5 Å². The van der Waals surface area contributed by atoms with E-state index in [-0.39, 0.29) is 0 Å². The Morgan fingerprint density at radius 3 is 1.70 bits per heavy atom. The average molecular weight is 304 g/mol. The Hall–Kier alpha value is -2.74. The van der Waals surface area contributed by atoms with E-state index in [9.17, 15) is 0 Å². The van der Waals surface area contributed by atoms with Crippen LogP contribution in [0.4, 0.5) is 0 Å². The molecular weight excluding hydrogens is 284 g/mol. The van der Waals surface area contributed by atoms with E-state index >= 15 is 0 Å². The summed E-state index contributed by atoms with van der Waals surface area (Å²) in [5, 5.41) is 0. The van der Waals surface area contributed by atoms with E-state index in [1.807, 2.05) is 36.4 Å². The lowest BCUT2D eigenvalue weighted by molar-refractivity contribution is 0.396. The minimum Gasteiger partial charge on any atom is -0.496 e. The molecule has 0 atom stereocenters. The Morgan fingerprint density at radius 1 is 0.652 bits per heavy atom. The Balaban J connectivity index is 2.34. The first-order chi connectivity index (χ1) is 11.3. The molecule has 0 spiro atoms. The fourth-order valence-electron chi connectivity index (χ4n) is 2.96. The molecule has 3 rings (SSSR count). The molecule has 0 N–H and O–H groups in total. The smallest absolute Gasteiger partial charge is 0.138 e. The highest BCUT2D eigenvalue weighted by Gasteiger charge is 2.20. The van der Waals surface area contributed by atoms with Crippen molar-refractivity contribution in [3.05, 3.63) is 72.3 Å². The molecule has 23 heavy (non-hydrogen) atoms. The molecule has 2 heteroatoms. The molecule has 0 fully saturated rings. The van der Waals surface area contributed by atoms with E-state index in [4.69, 9.17) is 9.47 Å². The summed E-state index contributed by atoms with van der Waals surface area (Å²) in [5.41, 5.74) is 5.38. The molecule has 2 nitrogen and oxygen atoms in total. The fraction of sp³-hybridized carbons (Fsp3) is 0.143. The van der Waals surface area contributed by atoms with Crippen LogP contribution in [0.2, 0.25) is 0 Å². The lowest BCUT2D eigenvalue weighted by Crippen LogP contribution is -1.98. The molecule has 0 unspecified atom stereocenters. The van der Waals surface area contributed by atoms with E-state index < -0.39 is 0 Å². The van der Waals surface area contributed by atoms with Gasteiger partial charge >= 0.3 is 0 Å². The molecule has 0 aromatic heterocycles. The van der Waals surface area contributed by atoms with Gasteiger partial charge in [0.05, 0.1) is 19.8 Å². The van der Waals surface area contributed by atoms with Crippen molar-refractivity contribution < 1.29 is 9.47 Å². The number of methoxy groups -OCH3 is 2. The van der Waals surface area contributed by atoms with Crippen molar-refractivity contribution in [2.45, 2.75) is 6.92 Å². The van der Waals surface area contributed by atoms with Gasteiger partial charge in [-0.15, -0.1) is 0 Å². The number of benzene rings is 3. The summed E-state index contributed by atoms with van der Waals surface area (Å²) in [5.74, 6) is 1.69. The summed E-state index contributed by atoms with van der Waals surface area (Å²) in [6.45, 7) is 2.07. The van der Waals surface area contributed by atoms with Gasteiger partial charge in [-0.3, -0.25) is 0 Å². The molecule has 3 aromatic rings. The average Bonchev–Trinajstić information content (AvgIpc) is 2.62. The van der Waals surface area contributed by atoms with Crippen LogP contribution in [0.3, 0.4) is 0 Å². The summed E-state index contributed by atoms with van der Waals surface area (Å²) >= 11 is 0. The second kappa shape index (κ2) is 6.57. The zero-order chi connectivity index (χ0) is 16.2. The van der Waals surface area contributed by atoms with Gasteiger partial charge in [0.1, 0.15) is 11.5 Å².